The molecular formula is C18H31N5O. The highest BCUT2D eigenvalue weighted by molar-refractivity contribution is 5.84. The summed E-state index contributed by atoms with van der Waals surface area (Å²) in [6.07, 6.45) is 7.38. The van der Waals surface area contributed by atoms with Crippen molar-refractivity contribution in [3.05, 3.63) is 18.5 Å². The van der Waals surface area contributed by atoms with E-state index in [0.717, 1.165) is 58.4 Å². The van der Waals surface area contributed by atoms with E-state index >= 15 is 0 Å². The third-order valence-electron chi connectivity index (χ3n) is 5.34. The average Bonchev–Trinajstić information content (AvgIpc) is 3.12. The van der Waals surface area contributed by atoms with E-state index in [1.165, 1.54) is 0 Å². The zero-order valence-corrected chi connectivity index (χ0v) is 15.0. The van der Waals surface area contributed by atoms with Gasteiger partial charge in [0.05, 0.1) is 0 Å². The topological polar surface area (TPSA) is 62.2 Å². The predicted octanol–water partition coefficient (Wildman–Crippen LogP) is 1.20. The minimum Gasteiger partial charge on any atom is -0.351 e. The SMILES string of the molecule is CC(C)CN1CCC(NC(=O)C2(n3cccn3)CCNCC2)CC1. The van der Waals surface area contributed by atoms with Crippen LogP contribution in [-0.4, -0.2) is 59.4 Å². The first-order valence-electron chi connectivity index (χ1n) is 9.34. The Balaban J connectivity index is 1.61. The van der Waals surface area contributed by atoms with Gasteiger partial charge in [-0.2, -0.15) is 5.10 Å². The number of nitrogens with zero attached hydrogens (tertiary/aromatic N) is 3. The Hall–Kier alpha value is -1.40. The molecule has 2 aliphatic heterocycles. The number of hydrogen-bond acceptors (Lipinski definition) is 4. The number of carbonyl (C=O) groups excluding carboxylic acids is 1. The Morgan fingerprint density at radius 1 is 1.33 bits per heavy atom. The number of amides is 1. The Kier molecular flexibility index (Phi) is 5.56. The standard InChI is InChI=1S/C18H31N5O/c1-15(2)14-22-12-4-16(5-13-22)21-17(24)18(6-9-19-10-7-18)23-11-3-8-20-23/h3,8,11,15-16,19H,4-7,9-10,12-14H2,1-2H3,(H,21,24). The second-order valence-electron chi connectivity index (χ2n) is 7.67. The molecule has 2 fully saturated rings. The molecule has 0 radical (unpaired) electrons. The summed E-state index contributed by atoms with van der Waals surface area (Å²) in [4.78, 5) is 15.6. The van der Waals surface area contributed by atoms with Crippen molar-refractivity contribution in [2.24, 2.45) is 5.92 Å². The monoisotopic (exact) mass is 333 g/mol. The first kappa shape index (κ1) is 17.4. The van der Waals surface area contributed by atoms with Crippen molar-refractivity contribution in [2.45, 2.75) is 51.1 Å². The van der Waals surface area contributed by atoms with Crippen LogP contribution in [0.2, 0.25) is 0 Å². The molecule has 0 aliphatic carbocycles. The Labute approximate surface area is 145 Å². The highest BCUT2D eigenvalue weighted by Crippen LogP contribution is 2.28. The Morgan fingerprint density at radius 2 is 2.04 bits per heavy atom. The van der Waals surface area contributed by atoms with Crippen LogP contribution in [0.15, 0.2) is 18.5 Å². The summed E-state index contributed by atoms with van der Waals surface area (Å²) < 4.78 is 1.87. The predicted molar refractivity (Wildman–Crippen MR) is 94.7 cm³/mol. The highest BCUT2D eigenvalue weighted by atomic mass is 16.2. The number of hydrogen-bond donors (Lipinski definition) is 2. The second kappa shape index (κ2) is 7.66. The largest absolute Gasteiger partial charge is 0.351 e. The summed E-state index contributed by atoms with van der Waals surface area (Å²) in [6, 6.07) is 2.20. The van der Waals surface area contributed by atoms with E-state index in [-0.39, 0.29) is 5.91 Å². The summed E-state index contributed by atoms with van der Waals surface area (Å²) >= 11 is 0. The maximum atomic E-state index is 13.1. The molecule has 0 aromatic carbocycles. The van der Waals surface area contributed by atoms with E-state index in [9.17, 15) is 4.79 Å². The quantitative estimate of drug-likeness (QED) is 0.850. The van der Waals surface area contributed by atoms with Crippen LogP contribution in [0.4, 0.5) is 0 Å². The van der Waals surface area contributed by atoms with Crippen molar-refractivity contribution >= 4 is 5.91 Å². The van der Waals surface area contributed by atoms with Crippen LogP contribution < -0.4 is 10.6 Å². The minimum atomic E-state index is -0.524. The van der Waals surface area contributed by atoms with Gasteiger partial charge in [0.25, 0.3) is 0 Å². The van der Waals surface area contributed by atoms with Gasteiger partial charge in [-0.15, -0.1) is 0 Å². The molecule has 1 aromatic heterocycles. The molecule has 3 rings (SSSR count). The highest BCUT2D eigenvalue weighted by Gasteiger charge is 2.42. The van der Waals surface area contributed by atoms with Crippen molar-refractivity contribution < 1.29 is 4.79 Å². The number of piperidine rings is 2. The third-order valence-corrected chi connectivity index (χ3v) is 5.34. The van der Waals surface area contributed by atoms with Crippen molar-refractivity contribution in [1.29, 1.82) is 0 Å². The third kappa shape index (κ3) is 3.81. The van der Waals surface area contributed by atoms with E-state index in [2.05, 4.69) is 34.5 Å². The van der Waals surface area contributed by atoms with Gasteiger partial charge in [0.1, 0.15) is 5.54 Å². The van der Waals surface area contributed by atoms with E-state index in [0.29, 0.717) is 12.0 Å². The molecule has 0 saturated carbocycles. The van der Waals surface area contributed by atoms with Crippen molar-refractivity contribution in [3.63, 3.8) is 0 Å². The number of likely N-dealkylation sites (tertiary alicyclic amines) is 1. The van der Waals surface area contributed by atoms with Gasteiger partial charge >= 0.3 is 0 Å². The molecule has 0 spiro atoms. The maximum Gasteiger partial charge on any atom is 0.248 e. The first-order valence-corrected chi connectivity index (χ1v) is 9.34. The summed E-state index contributed by atoms with van der Waals surface area (Å²) in [7, 11) is 0. The lowest BCUT2D eigenvalue weighted by atomic mass is 9.86. The molecular weight excluding hydrogens is 302 g/mol. The molecule has 6 nitrogen and oxygen atoms in total. The summed E-state index contributed by atoms with van der Waals surface area (Å²) in [5, 5.41) is 11.1. The average molecular weight is 333 g/mol. The van der Waals surface area contributed by atoms with Gasteiger partial charge in [-0.1, -0.05) is 13.8 Å². The van der Waals surface area contributed by atoms with Crippen molar-refractivity contribution in [2.75, 3.05) is 32.7 Å². The molecule has 0 unspecified atom stereocenters. The lowest BCUT2D eigenvalue weighted by molar-refractivity contribution is -0.133. The van der Waals surface area contributed by atoms with Crippen LogP contribution in [0.3, 0.4) is 0 Å². The van der Waals surface area contributed by atoms with E-state index in [4.69, 9.17) is 0 Å². The normalized spacial score (nSPS) is 22.6. The molecule has 2 N–H and O–H groups in total. The molecule has 0 bridgehead atoms. The van der Waals surface area contributed by atoms with Crippen LogP contribution >= 0.6 is 0 Å². The van der Waals surface area contributed by atoms with E-state index in [1.54, 1.807) is 6.20 Å². The van der Waals surface area contributed by atoms with Crippen molar-refractivity contribution in [3.8, 4) is 0 Å². The van der Waals surface area contributed by atoms with Crippen LogP contribution in [0.1, 0.15) is 39.5 Å². The van der Waals surface area contributed by atoms with E-state index < -0.39 is 5.54 Å². The zero-order chi connectivity index (χ0) is 17.0. The van der Waals surface area contributed by atoms with Gasteiger partial charge in [-0.05, 0) is 50.8 Å². The molecule has 6 heteroatoms. The van der Waals surface area contributed by atoms with Crippen LogP contribution in [0, 0.1) is 5.92 Å². The smallest absolute Gasteiger partial charge is 0.248 e. The van der Waals surface area contributed by atoms with Gasteiger partial charge in [0, 0.05) is 38.1 Å². The lowest BCUT2D eigenvalue weighted by Crippen LogP contribution is -2.57. The fourth-order valence-corrected chi connectivity index (χ4v) is 4.02. The van der Waals surface area contributed by atoms with Crippen LogP contribution in [-0.2, 0) is 10.3 Å². The summed E-state index contributed by atoms with van der Waals surface area (Å²) in [6.45, 7) is 9.57. The van der Waals surface area contributed by atoms with Gasteiger partial charge in [0.15, 0.2) is 0 Å². The van der Waals surface area contributed by atoms with Crippen LogP contribution in [0.5, 0.6) is 0 Å². The van der Waals surface area contributed by atoms with Crippen molar-refractivity contribution in [1.82, 2.24) is 25.3 Å². The molecule has 1 aromatic rings. The molecule has 3 heterocycles. The van der Waals surface area contributed by atoms with Crippen LogP contribution in [0.25, 0.3) is 0 Å². The van der Waals surface area contributed by atoms with Gasteiger partial charge in [-0.25, -0.2) is 0 Å². The number of carbonyl (C=O) groups is 1. The van der Waals surface area contributed by atoms with Gasteiger partial charge in [0.2, 0.25) is 5.91 Å². The number of aromatic nitrogens is 2. The van der Waals surface area contributed by atoms with Gasteiger partial charge < -0.3 is 15.5 Å². The Morgan fingerprint density at radius 3 is 2.62 bits per heavy atom. The van der Waals surface area contributed by atoms with Gasteiger partial charge in [-0.3, -0.25) is 9.48 Å². The molecule has 24 heavy (non-hydrogen) atoms. The lowest BCUT2D eigenvalue weighted by Gasteiger charge is -2.39. The molecule has 2 saturated heterocycles. The number of nitrogens with one attached hydrogen (secondary N) is 2. The first-order chi connectivity index (χ1) is 11.6. The minimum absolute atomic E-state index is 0.148. The number of rotatable bonds is 5. The second-order valence-corrected chi connectivity index (χ2v) is 7.67. The molecule has 1 amide bonds. The molecule has 2 aliphatic rings. The Bertz CT molecular complexity index is 514. The fourth-order valence-electron chi connectivity index (χ4n) is 4.02. The molecule has 134 valence electrons. The van der Waals surface area contributed by atoms with E-state index in [1.807, 2.05) is 16.9 Å². The molecule has 0 atom stereocenters. The summed E-state index contributed by atoms with van der Waals surface area (Å²) in [5.41, 5.74) is -0.524. The fraction of sp³-hybridized carbons (Fsp3) is 0.778. The maximum absolute atomic E-state index is 13.1. The summed E-state index contributed by atoms with van der Waals surface area (Å²) in [5.74, 6) is 0.851. The zero-order valence-electron chi connectivity index (χ0n) is 15.0.